The number of sulfonamides is 1. The zero-order valence-electron chi connectivity index (χ0n) is 29.2. The second kappa shape index (κ2) is 17.3. The first-order valence-corrected chi connectivity index (χ1v) is 19.3. The normalized spacial score (nSPS) is 14.2. The summed E-state index contributed by atoms with van der Waals surface area (Å²) in [5.41, 5.74) is 0.915. The Labute approximate surface area is 311 Å². The van der Waals surface area contributed by atoms with Crippen LogP contribution in [-0.2, 0) is 16.2 Å². The SMILES string of the molecule is CN(C)CCC(CSc1ccccc1)Nc1ccc(S(=O)(=O)NC(=O)c2ccc(N3CCC(=Cc4ccccc4C(F)(F)F)CC3)cc2)cc1[N+](=O)[O-]. The number of nitro benzene ring substituents is 1. The zero-order chi connectivity index (χ0) is 38.2. The highest BCUT2D eigenvalue weighted by molar-refractivity contribution is 7.99. The van der Waals surface area contributed by atoms with Crippen molar-refractivity contribution in [2.24, 2.45) is 0 Å². The van der Waals surface area contributed by atoms with E-state index in [9.17, 15) is 36.5 Å². The second-order valence-corrected chi connectivity index (χ2v) is 15.6. The molecule has 1 fully saturated rings. The van der Waals surface area contributed by atoms with Crippen LogP contribution in [0.4, 0.5) is 30.2 Å². The van der Waals surface area contributed by atoms with Crippen LogP contribution in [0.15, 0.2) is 112 Å². The van der Waals surface area contributed by atoms with Gasteiger partial charge in [-0.05, 0) is 100 Å². The van der Waals surface area contributed by atoms with Crippen LogP contribution in [0.2, 0.25) is 0 Å². The van der Waals surface area contributed by atoms with Gasteiger partial charge in [0.1, 0.15) is 5.69 Å². The van der Waals surface area contributed by atoms with Gasteiger partial charge in [0, 0.05) is 47.1 Å². The van der Waals surface area contributed by atoms with Crippen molar-refractivity contribution in [1.29, 1.82) is 0 Å². The van der Waals surface area contributed by atoms with E-state index in [0.717, 1.165) is 34.8 Å². The molecule has 0 radical (unpaired) electrons. The van der Waals surface area contributed by atoms with E-state index in [4.69, 9.17) is 0 Å². The largest absolute Gasteiger partial charge is 0.416 e. The van der Waals surface area contributed by atoms with Crippen LogP contribution in [-0.4, -0.2) is 69.7 Å². The van der Waals surface area contributed by atoms with E-state index < -0.39 is 43.2 Å². The molecule has 15 heteroatoms. The summed E-state index contributed by atoms with van der Waals surface area (Å²) >= 11 is 1.61. The highest BCUT2D eigenvalue weighted by atomic mass is 32.2. The number of hydrogen-bond acceptors (Lipinski definition) is 9. The van der Waals surface area contributed by atoms with Gasteiger partial charge in [-0.15, -0.1) is 11.8 Å². The fourth-order valence-electron chi connectivity index (χ4n) is 5.86. The Morgan fingerprint density at radius 3 is 2.28 bits per heavy atom. The van der Waals surface area contributed by atoms with Crippen LogP contribution in [0.1, 0.15) is 40.7 Å². The summed E-state index contributed by atoms with van der Waals surface area (Å²) in [5.74, 6) is -0.296. The van der Waals surface area contributed by atoms with E-state index in [0.29, 0.717) is 38.1 Å². The molecule has 10 nitrogen and oxygen atoms in total. The molecular formula is C38H40F3N5O5S2. The van der Waals surface area contributed by atoms with Crippen molar-refractivity contribution in [3.8, 4) is 0 Å². The molecule has 4 aromatic rings. The summed E-state index contributed by atoms with van der Waals surface area (Å²) in [5, 5.41) is 15.3. The van der Waals surface area contributed by atoms with Gasteiger partial charge in [-0.3, -0.25) is 14.9 Å². The van der Waals surface area contributed by atoms with Crippen LogP contribution in [0, 0.1) is 10.1 Å². The average Bonchev–Trinajstić information content (AvgIpc) is 3.13. The molecule has 1 aliphatic rings. The number of benzene rings is 4. The number of thioether (sulfide) groups is 1. The number of hydrogen-bond donors (Lipinski definition) is 2. The molecule has 2 N–H and O–H groups in total. The molecule has 1 unspecified atom stereocenters. The predicted octanol–water partition coefficient (Wildman–Crippen LogP) is 7.94. The van der Waals surface area contributed by atoms with Crippen molar-refractivity contribution in [2.45, 2.75) is 41.3 Å². The van der Waals surface area contributed by atoms with E-state index in [1.54, 1.807) is 36.0 Å². The van der Waals surface area contributed by atoms with Crippen molar-refractivity contribution < 1.29 is 31.3 Å². The molecule has 1 atom stereocenters. The maximum Gasteiger partial charge on any atom is 0.416 e. The van der Waals surface area contributed by atoms with Crippen molar-refractivity contribution in [2.75, 3.05) is 49.7 Å². The molecule has 0 spiro atoms. The smallest absolute Gasteiger partial charge is 0.376 e. The van der Waals surface area contributed by atoms with Crippen LogP contribution in [0.25, 0.3) is 6.08 Å². The van der Waals surface area contributed by atoms with Crippen LogP contribution in [0.5, 0.6) is 0 Å². The lowest BCUT2D eigenvalue weighted by Gasteiger charge is -2.30. The third kappa shape index (κ3) is 10.8. The molecule has 1 aliphatic heterocycles. The van der Waals surface area contributed by atoms with E-state index >= 15 is 0 Å². The third-order valence-electron chi connectivity index (χ3n) is 8.71. The molecule has 4 aromatic carbocycles. The van der Waals surface area contributed by atoms with Crippen molar-refractivity contribution in [3.63, 3.8) is 0 Å². The van der Waals surface area contributed by atoms with E-state index in [-0.39, 0.29) is 22.9 Å². The van der Waals surface area contributed by atoms with Gasteiger partial charge in [-0.2, -0.15) is 13.2 Å². The number of amides is 1. The summed E-state index contributed by atoms with van der Waals surface area (Å²) in [6, 6.07) is 24.8. The monoisotopic (exact) mass is 767 g/mol. The summed E-state index contributed by atoms with van der Waals surface area (Å²) in [6.07, 6.45) is -1.07. The maximum atomic E-state index is 13.4. The number of nitro groups is 1. The fraction of sp³-hybridized carbons (Fsp3) is 0.289. The lowest BCUT2D eigenvalue weighted by atomic mass is 9.98. The second-order valence-electron chi connectivity index (χ2n) is 12.8. The van der Waals surface area contributed by atoms with E-state index in [1.807, 2.05) is 58.9 Å². The highest BCUT2D eigenvalue weighted by Crippen LogP contribution is 2.34. The number of nitrogens with one attached hydrogen (secondary N) is 2. The summed E-state index contributed by atoms with van der Waals surface area (Å²) in [6.45, 7) is 1.82. The first-order chi connectivity index (χ1) is 25.2. The first-order valence-electron chi connectivity index (χ1n) is 16.8. The Bertz CT molecular complexity index is 2030. The molecule has 5 rings (SSSR count). The van der Waals surface area contributed by atoms with Crippen LogP contribution >= 0.6 is 11.8 Å². The molecule has 1 amide bonds. The number of piperidine rings is 1. The minimum Gasteiger partial charge on any atom is -0.376 e. The maximum absolute atomic E-state index is 13.4. The Balaban J connectivity index is 1.22. The van der Waals surface area contributed by atoms with Crippen LogP contribution in [0.3, 0.4) is 0 Å². The average molecular weight is 768 g/mol. The van der Waals surface area contributed by atoms with Gasteiger partial charge >= 0.3 is 6.18 Å². The Morgan fingerprint density at radius 2 is 1.64 bits per heavy atom. The minimum absolute atomic E-state index is 0.0612. The Kier molecular flexibility index (Phi) is 12.9. The number of rotatable bonds is 14. The van der Waals surface area contributed by atoms with E-state index in [2.05, 4.69) is 5.32 Å². The zero-order valence-corrected chi connectivity index (χ0v) is 30.8. The Morgan fingerprint density at radius 1 is 0.981 bits per heavy atom. The molecule has 1 saturated heterocycles. The van der Waals surface area contributed by atoms with Crippen molar-refractivity contribution >= 4 is 50.8 Å². The summed E-state index contributed by atoms with van der Waals surface area (Å²) in [7, 11) is -0.612. The molecule has 1 heterocycles. The first kappa shape index (κ1) is 39.3. The summed E-state index contributed by atoms with van der Waals surface area (Å²) < 4.78 is 68.8. The minimum atomic E-state index is -4.48. The van der Waals surface area contributed by atoms with Gasteiger partial charge in [0.2, 0.25) is 0 Å². The lowest BCUT2D eigenvalue weighted by molar-refractivity contribution is -0.384. The fourth-order valence-corrected chi connectivity index (χ4v) is 7.84. The molecule has 0 aromatic heterocycles. The lowest BCUT2D eigenvalue weighted by Crippen LogP contribution is -2.32. The van der Waals surface area contributed by atoms with Gasteiger partial charge in [0.25, 0.3) is 21.6 Å². The number of alkyl halides is 3. The number of carbonyl (C=O) groups is 1. The third-order valence-corrected chi connectivity index (χ3v) is 11.2. The molecule has 53 heavy (non-hydrogen) atoms. The van der Waals surface area contributed by atoms with Crippen molar-refractivity contribution in [1.82, 2.24) is 9.62 Å². The Hall–Kier alpha value is -4.86. The van der Waals surface area contributed by atoms with Gasteiger partial charge in [0.15, 0.2) is 0 Å². The molecule has 0 aliphatic carbocycles. The standard InChI is InChI=1S/C38H40F3N5O5S2/c1-44(2)21-20-30(26-52-32-9-4-3-5-10-32)42-35-17-16-33(25-36(35)46(48)49)53(50,51)43-37(47)28-12-14-31(15-13-28)45-22-18-27(19-23-45)24-29-8-6-7-11-34(29)38(39,40)41/h3-17,24-25,30,42H,18-23,26H2,1-2H3,(H,43,47). The highest BCUT2D eigenvalue weighted by Gasteiger charge is 2.32. The summed E-state index contributed by atoms with van der Waals surface area (Å²) in [4.78, 5) is 29.2. The quantitative estimate of drug-likeness (QED) is 0.0748. The van der Waals surface area contributed by atoms with Gasteiger partial charge < -0.3 is 15.1 Å². The van der Waals surface area contributed by atoms with Gasteiger partial charge in [-0.1, -0.05) is 48.0 Å². The number of halogens is 3. The van der Waals surface area contributed by atoms with Crippen molar-refractivity contribution in [3.05, 3.63) is 129 Å². The van der Waals surface area contributed by atoms with Crippen LogP contribution < -0.4 is 14.9 Å². The molecular weight excluding hydrogens is 728 g/mol. The van der Waals surface area contributed by atoms with E-state index in [1.165, 1.54) is 36.4 Å². The molecule has 280 valence electrons. The number of nitrogens with zero attached hydrogens (tertiary/aromatic N) is 3. The number of carbonyl (C=O) groups excluding carboxylic acids is 1. The number of anilines is 2. The molecule has 0 saturated carbocycles. The topological polar surface area (TPSA) is 125 Å². The van der Waals surface area contributed by atoms with Gasteiger partial charge in [0.05, 0.1) is 15.4 Å². The van der Waals surface area contributed by atoms with Gasteiger partial charge in [-0.25, -0.2) is 13.1 Å². The predicted molar refractivity (Wildman–Crippen MR) is 203 cm³/mol. The molecule has 0 bridgehead atoms.